The summed E-state index contributed by atoms with van der Waals surface area (Å²) < 4.78 is 0. The van der Waals surface area contributed by atoms with E-state index < -0.39 is 0 Å². The molecule has 1 aromatic rings. The number of nitrogens with zero attached hydrogens (tertiary/aromatic N) is 1. The summed E-state index contributed by atoms with van der Waals surface area (Å²) in [5.41, 5.74) is 5.47. The van der Waals surface area contributed by atoms with Crippen molar-refractivity contribution in [3.8, 4) is 0 Å². The van der Waals surface area contributed by atoms with E-state index in [1.807, 2.05) is 0 Å². The van der Waals surface area contributed by atoms with Crippen molar-refractivity contribution in [3.63, 3.8) is 0 Å². The van der Waals surface area contributed by atoms with Crippen LogP contribution in [-0.2, 0) is 0 Å². The van der Waals surface area contributed by atoms with Gasteiger partial charge in [-0.15, -0.1) is 0 Å². The maximum absolute atomic E-state index is 11.3. The van der Waals surface area contributed by atoms with Gasteiger partial charge in [-0.05, 0) is 12.8 Å². The van der Waals surface area contributed by atoms with Gasteiger partial charge in [0.05, 0.1) is 0 Å². The highest BCUT2D eigenvalue weighted by Gasteiger charge is 2.16. The molecule has 0 bridgehead atoms. The van der Waals surface area contributed by atoms with Crippen LogP contribution in [0.2, 0.25) is 0 Å². The summed E-state index contributed by atoms with van der Waals surface area (Å²) in [6, 6.07) is 1.34. The highest BCUT2D eigenvalue weighted by Crippen LogP contribution is 2.28. The van der Waals surface area contributed by atoms with Gasteiger partial charge in [0.25, 0.3) is 5.56 Å². The van der Waals surface area contributed by atoms with Crippen LogP contribution in [-0.4, -0.2) is 9.97 Å². The molecule has 2 rings (SSSR count). The number of aromatic nitrogens is 2. The van der Waals surface area contributed by atoms with Gasteiger partial charge < -0.3 is 10.7 Å². The van der Waals surface area contributed by atoms with E-state index >= 15 is 0 Å². The summed E-state index contributed by atoms with van der Waals surface area (Å²) >= 11 is 0. The van der Waals surface area contributed by atoms with Gasteiger partial charge >= 0.3 is 0 Å². The number of aromatic amines is 1. The lowest BCUT2D eigenvalue weighted by Gasteiger charge is -2.18. The average molecular weight is 221 g/mol. The van der Waals surface area contributed by atoms with Crippen LogP contribution >= 0.6 is 0 Å². The van der Waals surface area contributed by atoms with Gasteiger partial charge in [-0.2, -0.15) is 0 Å². The topological polar surface area (TPSA) is 71.8 Å². The first-order valence-electron chi connectivity index (χ1n) is 6.12. The van der Waals surface area contributed by atoms with E-state index in [4.69, 9.17) is 5.73 Å². The van der Waals surface area contributed by atoms with Crippen molar-refractivity contribution in [2.45, 2.75) is 50.9 Å². The largest absolute Gasteiger partial charge is 0.383 e. The number of rotatable bonds is 1. The van der Waals surface area contributed by atoms with Crippen LogP contribution in [0.3, 0.4) is 0 Å². The molecule has 0 aromatic carbocycles. The first-order valence-corrected chi connectivity index (χ1v) is 6.12. The van der Waals surface area contributed by atoms with E-state index in [1.54, 1.807) is 0 Å². The summed E-state index contributed by atoms with van der Waals surface area (Å²) in [6.45, 7) is 0. The molecule has 0 unspecified atom stereocenters. The summed E-state index contributed by atoms with van der Waals surface area (Å²) in [6.07, 6.45) is 8.62. The molecular formula is C12H19N3O. The SMILES string of the molecule is Nc1cc(=O)[nH]c(C2CCCCCCC2)n1. The number of nitrogens with one attached hydrogen (secondary N) is 1. The van der Waals surface area contributed by atoms with Crippen molar-refractivity contribution in [1.29, 1.82) is 0 Å². The van der Waals surface area contributed by atoms with Gasteiger partial charge in [0.1, 0.15) is 11.6 Å². The van der Waals surface area contributed by atoms with Crippen LogP contribution in [0.1, 0.15) is 56.7 Å². The van der Waals surface area contributed by atoms with Crippen molar-refractivity contribution in [3.05, 3.63) is 22.2 Å². The molecule has 0 aliphatic heterocycles. The maximum Gasteiger partial charge on any atom is 0.252 e. The quantitative estimate of drug-likeness (QED) is 0.763. The number of nitrogens with two attached hydrogens (primary N) is 1. The van der Waals surface area contributed by atoms with Gasteiger partial charge in [0.15, 0.2) is 0 Å². The Morgan fingerprint density at radius 3 is 2.44 bits per heavy atom. The lowest BCUT2D eigenvalue weighted by Crippen LogP contribution is -2.16. The lowest BCUT2D eigenvalue weighted by molar-refractivity contribution is 0.442. The smallest absolute Gasteiger partial charge is 0.252 e. The Hall–Kier alpha value is -1.32. The molecule has 1 heterocycles. The van der Waals surface area contributed by atoms with E-state index in [2.05, 4.69) is 9.97 Å². The van der Waals surface area contributed by atoms with Crippen LogP contribution in [0.15, 0.2) is 10.9 Å². The van der Waals surface area contributed by atoms with Crippen LogP contribution in [0.5, 0.6) is 0 Å². The standard InChI is InChI=1S/C12H19N3O/c13-10-8-11(16)15-12(14-10)9-6-4-2-1-3-5-7-9/h8-9H,1-7H2,(H3,13,14,15,16). The number of anilines is 1. The predicted molar refractivity (Wildman–Crippen MR) is 64.3 cm³/mol. The zero-order valence-corrected chi connectivity index (χ0v) is 9.54. The van der Waals surface area contributed by atoms with Crippen molar-refractivity contribution in [2.24, 2.45) is 0 Å². The maximum atomic E-state index is 11.3. The fourth-order valence-corrected chi connectivity index (χ4v) is 2.42. The molecule has 1 aliphatic carbocycles. The highest BCUT2D eigenvalue weighted by atomic mass is 16.1. The van der Waals surface area contributed by atoms with Gasteiger partial charge in [-0.3, -0.25) is 4.79 Å². The normalized spacial score (nSPS) is 19.0. The number of nitrogen functional groups attached to an aromatic ring is 1. The van der Waals surface area contributed by atoms with Crippen LogP contribution < -0.4 is 11.3 Å². The first-order chi connectivity index (χ1) is 7.75. The summed E-state index contributed by atoms with van der Waals surface area (Å²) in [5, 5.41) is 0. The van der Waals surface area contributed by atoms with Crippen molar-refractivity contribution < 1.29 is 0 Å². The van der Waals surface area contributed by atoms with E-state index in [0.717, 1.165) is 18.7 Å². The molecule has 0 atom stereocenters. The minimum Gasteiger partial charge on any atom is -0.383 e. The third-order valence-corrected chi connectivity index (χ3v) is 3.27. The van der Waals surface area contributed by atoms with Crippen LogP contribution in [0.25, 0.3) is 0 Å². The lowest BCUT2D eigenvalue weighted by atomic mass is 9.90. The second-order valence-corrected chi connectivity index (χ2v) is 4.60. The summed E-state index contributed by atoms with van der Waals surface area (Å²) in [7, 11) is 0. The summed E-state index contributed by atoms with van der Waals surface area (Å²) in [4.78, 5) is 18.4. The molecule has 0 radical (unpaired) electrons. The second-order valence-electron chi connectivity index (χ2n) is 4.60. The molecule has 4 nitrogen and oxygen atoms in total. The van der Waals surface area contributed by atoms with Crippen molar-refractivity contribution in [2.75, 3.05) is 5.73 Å². The first kappa shape index (κ1) is 11.2. The zero-order valence-electron chi connectivity index (χ0n) is 9.54. The molecular weight excluding hydrogens is 202 g/mol. The fourth-order valence-electron chi connectivity index (χ4n) is 2.42. The predicted octanol–water partition coefficient (Wildman–Crippen LogP) is 2.18. The van der Waals surface area contributed by atoms with E-state index in [-0.39, 0.29) is 5.56 Å². The molecule has 0 amide bonds. The minimum absolute atomic E-state index is 0.135. The van der Waals surface area contributed by atoms with Crippen LogP contribution in [0.4, 0.5) is 5.82 Å². The van der Waals surface area contributed by atoms with E-state index in [0.29, 0.717) is 11.7 Å². The van der Waals surface area contributed by atoms with E-state index in [1.165, 1.54) is 38.2 Å². The molecule has 0 saturated heterocycles. The Bertz CT molecular complexity index is 391. The molecule has 1 saturated carbocycles. The Morgan fingerprint density at radius 1 is 1.19 bits per heavy atom. The minimum atomic E-state index is -0.135. The molecule has 3 N–H and O–H groups in total. The molecule has 4 heteroatoms. The Morgan fingerprint density at radius 2 is 1.81 bits per heavy atom. The Labute approximate surface area is 95.3 Å². The van der Waals surface area contributed by atoms with Crippen LogP contribution in [0, 0.1) is 0 Å². The Kier molecular flexibility index (Phi) is 3.59. The number of hydrogen-bond donors (Lipinski definition) is 2. The molecule has 1 aliphatic rings. The van der Waals surface area contributed by atoms with E-state index in [9.17, 15) is 4.79 Å². The average Bonchev–Trinajstić information content (AvgIpc) is 2.14. The Balaban J connectivity index is 2.17. The monoisotopic (exact) mass is 221 g/mol. The fraction of sp³-hybridized carbons (Fsp3) is 0.667. The third-order valence-electron chi connectivity index (χ3n) is 3.27. The third kappa shape index (κ3) is 2.84. The zero-order chi connectivity index (χ0) is 11.4. The van der Waals surface area contributed by atoms with Crippen molar-refractivity contribution in [1.82, 2.24) is 9.97 Å². The van der Waals surface area contributed by atoms with Crippen molar-refractivity contribution >= 4 is 5.82 Å². The van der Waals surface area contributed by atoms with Gasteiger partial charge in [0.2, 0.25) is 0 Å². The highest BCUT2D eigenvalue weighted by molar-refractivity contribution is 5.26. The number of H-pyrrole nitrogens is 1. The molecule has 1 aromatic heterocycles. The van der Waals surface area contributed by atoms with Gasteiger partial charge in [-0.1, -0.05) is 32.1 Å². The molecule has 16 heavy (non-hydrogen) atoms. The second kappa shape index (κ2) is 5.14. The number of hydrogen-bond acceptors (Lipinski definition) is 3. The molecule has 0 spiro atoms. The molecule has 88 valence electrons. The molecule has 1 fully saturated rings. The van der Waals surface area contributed by atoms with Gasteiger partial charge in [-0.25, -0.2) is 4.98 Å². The summed E-state index contributed by atoms with van der Waals surface area (Å²) in [5.74, 6) is 1.50. The van der Waals surface area contributed by atoms with Gasteiger partial charge in [0, 0.05) is 12.0 Å².